The summed E-state index contributed by atoms with van der Waals surface area (Å²) in [5, 5.41) is 10.2. The summed E-state index contributed by atoms with van der Waals surface area (Å²) in [6.07, 6.45) is -4.63. The van der Waals surface area contributed by atoms with Crippen LogP contribution in [0.1, 0.15) is 5.56 Å². The Kier molecular flexibility index (Phi) is 6.42. The van der Waals surface area contributed by atoms with Gasteiger partial charge in [0.05, 0.1) is 29.0 Å². The van der Waals surface area contributed by atoms with Crippen LogP contribution in [0.4, 0.5) is 18.9 Å². The quantitative estimate of drug-likeness (QED) is 0.428. The lowest BCUT2D eigenvalue weighted by molar-refractivity contribution is -0.137. The zero-order chi connectivity index (χ0) is 21.9. The van der Waals surface area contributed by atoms with Gasteiger partial charge in [-0.2, -0.15) is 13.2 Å². The number of hydrogen-bond acceptors (Lipinski definition) is 6. The Labute approximate surface area is 178 Å². The van der Waals surface area contributed by atoms with Crippen LogP contribution in [0, 0.1) is 0 Å². The number of amides is 1. The first kappa shape index (κ1) is 21.8. The fraction of sp³-hybridized carbons (Fsp3) is 0.167. The number of thioether (sulfide) groups is 1. The Morgan fingerprint density at radius 3 is 2.70 bits per heavy atom. The maximum absolute atomic E-state index is 12.9. The standard InChI is InChI=1S/C18H15ClF3N5O2S/c1-29-14-5-3-2-4-11(14)16-25-26-17(27(16)23)30-9-15(28)24-10-6-7-13(19)12(8-10)18(20,21)22/h2-8H,9,23H2,1H3,(H,24,28). The van der Waals surface area contributed by atoms with Crippen LogP contribution in [0.15, 0.2) is 47.6 Å². The van der Waals surface area contributed by atoms with E-state index >= 15 is 0 Å². The number of methoxy groups -OCH3 is 1. The number of aromatic nitrogens is 3. The number of anilines is 1. The molecule has 1 amide bonds. The third-order valence-electron chi connectivity index (χ3n) is 3.90. The summed E-state index contributed by atoms with van der Waals surface area (Å²) in [7, 11) is 1.51. The molecule has 0 aliphatic heterocycles. The number of benzene rings is 2. The first-order valence-electron chi connectivity index (χ1n) is 8.34. The molecule has 0 bridgehead atoms. The van der Waals surface area contributed by atoms with E-state index in [1.807, 2.05) is 0 Å². The van der Waals surface area contributed by atoms with Crippen LogP contribution in [0.3, 0.4) is 0 Å². The van der Waals surface area contributed by atoms with E-state index in [9.17, 15) is 18.0 Å². The lowest BCUT2D eigenvalue weighted by Gasteiger charge is -2.11. The van der Waals surface area contributed by atoms with E-state index < -0.39 is 22.7 Å². The molecule has 1 aromatic heterocycles. The lowest BCUT2D eigenvalue weighted by Crippen LogP contribution is -2.17. The molecule has 0 fully saturated rings. The molecule has 158 valence electrons. The fourth-order valence-corrected chi connectivity index (χ4v) is 3.42. The zero-order valence-corrected chi connectivity index (χ0v) is 17.0. The molecule has 12 heteroatoms. The van der Waals surface area contributed by atoms with E-state index in [-0.39, 0.29) is 16.6 Å². The Balaban J connectivity index is 1.68. The van der Waals surface area contributed by atoms with Gasteiger partial charge in [-0.15, -0.1) is 10.2 Å². The van der Waals surface area contributed by atoms with Crippen LogP contribution in [0.5, 0.6) is 5.75 Å². The van der Waals surface area contributed by atoms with Gasteiger partial charge in [0, 0.05) is 5.69 Å². The molecule has 0 aliphatic rings. The second-order valence-corrected chi connectivity index (χ2v) is 7.26. The fourth-order valence-electron chi connectivity index (χ4n) is 2.54. The first-order valence-corrected chi connectivity index (χ1v) is 9.70. The maximum atomic E-state index is 12.9. The molecule has 0 radical (unpaired) electrons. The number of halogens is 4. The predicted molar refractivity (Wildman–Crippen MR) is 108 cm³/mol. The Morgan fingerprint density at radius 1 is 1.27 bits per heavy atom. The minimum absolute atomic E-state index is 0.0266. The van der Waals surface area contributed by atoms with Gasteiger partial charge in [-0.1, -0.05) is 35.5 Å². The molecule has 0 spiro atoms. The normalized spacial score (nSPS) is 11.4. The molecule has 0 atom stereocenters. The minimum Gasteiger partial charge on any atom is -0.496 e. The smallest absolute Gasteiger partial charge is 0.417 e. The summed E-state index contributed by atoms with van der Waals surface area (Å²) in [6, 6.07) is 10.2. The molecule has 0 aliphatic carbocycles. The van der Waals surface area contributed by atoms with Crippen molar-refractivity contribution >= 4 is 35.0 Å². The molecule has 1 heterocycles. The molecular formula is C18H15ClF3N5O2S. The molecular weight excluding hydrogens is 443 g/mol. The molecule has 0 saturated heterocycles. The highest BCUT2D eigenvalue weighted by molar-refractivity contribution is 7.99. The van der Waals surface area contributed by atoms with Gasteiger partial charge in [-0.3, -0.25) is 4.79 Å². The number of para-hydroxylation sites is 1. The first-order chi connectivity index (χ1) is 14.2. The molecule has 3 rings (SSSR count). The summed E-state index contributed by atoms with van der Waals surface area (Å²) in [5.41, 5.74) is -0.439. The van der Waals surface area contributed by atoms with E-state index in [2.05, 4.69) is 15.5 Å². The van der Waals surface area contributed by atoms with Crippen molar-refractivity contribution in [2.75, 3.05) is 24.0 Å². The van der Waals surface area contributed by atoms with Crippen molar-refractivity contribution in [1.82, 2.24) is 14.9 Å². The maximum Gasteiger partial charge on any atom is 0.417 e. The van der Waals surface area contributed by atoms with E-state index in [4.69, 9.17) is 22.2 Å². The van der Waals surface area contributed by atoms with Crippen LogP contribution in [0.25, 0.3) is 11.4 Å². The van der Waals surface area contributed by atoms with Crippen LogP contribution >= 0.6 is 23.4 Å². The summed E-state index contributed by atoms with van der Waals surface area (Å²) in [5.74, 6) is 6.22. The van der Waals surface area contributed by atoms with Gasteiger partial charge in [0.1, 0.15) is 5.75 Å². The van der Waals surface area contributed by atoms with Crippen LogP contribution in [0.2, 0.25) is 5.02 Å². The number of nitrogens with two attached hydrogens (primary N) is 1. The Morgan fingerprint density at radius 2 is 2.00 bits per heavy atom. The van der Waals surface area contributed by atoms with Gasteiger partial charge in [0.15, 0.2) is 5.82 Å². The highest BCUT2D eigenvalue weighted by Crippen LogP contribution is 2.36. The molecule has 3 N–H and O–H groups in total. The van der Waals surface area contributed by atoms with Crippen molar-refractivity contribution in [2.24, 2.45) is 0 Å². The zero-order valence-electron chi connectivity index (χ0n) is 15.4. The molecule has 2 aromatic carbocycles. The van der Waals surface area contributed by atoms with Crippen molar-refractivity contribution in [2.45, 2.75) is 11.3 Å². The lowest BCUT2D eigenvalue weighted by atomic mass is 10.2. The highest BCUT2D eigenvalue weighted by Gasteiger charge is 2.33. The Hall–Kier alpha value is -2.92. The monoisotopic (exact) mass is 457 g/mol. The molecule has 30 heavy (non-hydrogen) atoms. The van der Waals surface area contributed by atoms with Gasteiger partial charge in [-0.05, 0) is 30.3 Å². The van der Waals surface area contributed by atoms with Crippen LogP contribution in [-0.2, 0) is 11.0 Å². The summed E-state index contributed by atoms with van der Waals surface area (Å²) < 4.78 is 45.3. The second kappa shape index (κ2) is 8.84. The van der Waals surface area contributed by atoms with Crippen molar-refractivity contribution in [1.29, 1.82) is 0 Å². The largest absolute Gasteiger partial charge is 0.496 e. The highest BCUT2D eigenvalue weighted by atomic mass is 35.5. The average Bonchev–Trinajstić information content (AvgIpc) is 3.07. The number of hydrogen-bond donors (Lipinski definition) is 2. The average molecular weight is 458 g/mol. The topological polar surface area (TPSA) is 95.1 Å². The van der Waals surface area contributed by atoms with Gasteiger partial charge < -0.3 is 15.9 Å². The molecule has 3 aromatic rings. The van der Waals surface area contributed by atoms with Crippen molar-refractivity contribution in [3.8, 4) is 17.1 Å². The third-order valence-corrected chi connectivity index (χ3v) is 5.17. The molecule has 7 nitrogen and oxygen atoms in total. The van der Waals surface area contributed by atoms with Crippen molar-refractivity contribution < 1.29 is 22.7 Å². The van der Waals surface area contributed by atoms with Gasteiger partial charge in [-0.25, -0.2) is 4.68 Å². The van der Waals surface area contributed by atoms with E-state index in [1.165, 1.54) is 17.9 Å². The number of carbonyl (C=O) groups is 1. The summed E-state index contributed by atoms with van der Waals surface area (Å²) in [4.78, 5) is 12.2. The van der Waals surface area contributed by atoms with Crippen molar-refractivity contribution in [3.63, 3.8) is 0 Å². The van der Waals surface area contributed by atoms with Crippen molar-refractivity contribution in [3.05, 3.63) is 53.1 Å². The predicted octanol–water partition coefficient (Wildman–Crippen LogP) is 4.07. The van der Waals surface area contributed by atoms with Gasteiger partial charge >= 0.3 is 6.18 Å². The number of carbonyl (C=O) groups excluding carboxylic acids is 1. The second-order valence-electron chi connectivity index (χ2n) is 5.91. The van der Waals surface area contributed by atoms with E-state index in [0.29, 0.717) is 17.1 Å². The van der Waals surface area contributed by atoms with E-state index in [1.54, 1.807) is 24.3 Å². The number of nitrogens with one attached hydrogen (secondary N) is 1. The minimum atomic E-state index is -4.63. The number of alkyl halides is 3. The summed E-state index contributed by atoms with van der Waals surface area (Å²) in [6.45, 7) is 0. The Bertz CT molecular complexity index is 1070. The molecule has 0 saturated carbocycles. The summed E-state index contributed by atoms with van der Waals surface area (Å²) >= 11 is 6.55. The van der Waals surface area contributed by atoms with E-state index in [0.717, 1.165) is 23.9 Å². The number of rotatable bonds is 6. The van der Waals surface area contributed by atoms with Gasteiger partial charge in [0.2, 0.25) is 11.1 Å². The third kappa shape index (κ3) is 4.79. The van der Waals surface area contributed by atoms with Crippen LogP contribution in [-0.4, -0.2) is 33.6 Å². The SMILES string of the molecule is COc1ccccc1-c1nnc(SCC(=O)Nc2ccc(Cl)c(C(F)(F)F)c2)n1N. The number of ether oxygens (including phenoxy) is 1. The van der Waals surface area contributed by atoms with Gasteiger partial charge in [0.25, 0.3) is 0 Å². The molecule has 0 unspecified atom stereocenters. The number of nitrogen functional groups attached to an aromatic ring is 1. The number of nitrogens with zero attached hydrogens (tertiary/aromatic N) is 3. The van der Waals surface area contributed by atoms with Crippen LogP contribution < -0.4 is 15.9 Å².